The average Bonchev–Trinajstić information content (AvgIpc) is 2.66. The highest BCUT2D eigenvalue weighted by atomic mass is 35.5. The summed E-state index contributed by atoms with van der Waals surface area (Å²) in [5, 5.41) is 8.14. The van der Waals surface area contributed by atoms with Gasteiger partial charge in [-0.3, -0.25) is 9.48 Å². The molecular formula is C13H11Cl2FN4O. The van der Waals surface area contributed by atoms with Gasteiger partial charge in [0.15, 0.2) is 0 Å². The van der Waals surface area contributed by atoms with E-state index in [1.165, 1.54) is 22.9 Å². The molecule has 21 heavy (non-hydrogen) atoms. The van der Waals surface area contributed by atoms with E-state index in [4.69, 9.17) is 23.2 Å². The van der Waals surface area contributed by atoms with Gasteiger partial charge in [-0.25, -0.2) is 9.82 Å². The number of carbonyl (C=O) groups excluding carboxylic acids is 1. The lowest BCUT2D eigenvalue weighted by Gasteiger charge is -2.02. The van der Waals surface area contributed by atoms with Crippen molar-refractivity contribution in [2.45, 2.75) is 6.92 Å². The van der Waals surface area contributed by atoms with E-state index in [0.717, 1.165) is 6.21 Å². The van der Waals surface area contributed by atoms with E-state index in [1.54, 1.807) is 14.0 Å². The quantitative estimate of drug-likeness (QED) is 0.695. The number of nitrogens with one attached hydrogen (secondary N) is 1. The van der Waals surface area contributed by atoms with Crippen LogP contribution in [-0.2, 0) is 7.05 Å². The molecule has 0 fully saturated rings. The monoisotopic (exact) mass is 328 g/mol. The molecule has 0 unspecified atom stereocenters. The molecule has 0 aliphatic heterocycles. The highest BCUT2D eigenvalue weighted by molar-refractivity contribution is 6.34. The largest absolute Gasteiger partial charge is 0.291 e. The van der Waals surface area contributed by atoms with Gasteiger partial charge in [0.2, 0.25) is 0 Å². The van der Waals surface area contributed by atoms with E-state index in [1.807, 2.05) is 0 Å². The fourth-order valence-corrected chi connectivity index (χ4v) is 2.18. The topological polar surface area (TPSA) is 59.3 Å². The third-order valence-corrected chi connectivity index (χ3v) is 3.51. The van der Waals surface area contributed by atoms with E-state index >= 15 is 0 Å². The summed E-state index contributed by atoms with van der Waals surface area (Å²) < 4.78 is 14.9. The molecule has 0 aliphatic rings. The first kappa shape index (κ1) is 15.5. The lowest BCUT2D eigenvalue weighted by atomic mass is 10.2. The Bertz CT molecular complexity index is 707. The van der Waals surface area contributed by atoms with E-state index in [0.29, 0.717) is 5.69 Å². The summed E-state index contributed by atoms with van der Waals surface area (Å²) >= 11 is 11.8. The molecule has 0 atom stereocenters. The number of benzene rings is 1. The number of carbonyl (C=O) groups is 1. The van der Waals surface area contributed by atoms with Gasteiger partial charge in [-0.2, -0.15) is 10.2 Å². The van der Waals surface area contributed by atoms with Crippen molar-refractivity contribution in [3.63, 3.8) is 0 Å². The van der Waals surface area contributed by atoms with Crippen LogP contribution in [0.15, 0.2) is 23.3 Å². The molecule has 1 N–H and O–H groups in total. The second-order valence-electron chi connectivity index (χ2n) is 4.21. The van der Waals surface area contributed by atoms with Gasteiger partial charge in [0.05, 0.1) is 22.0 Å². The first-order chi connectivity index (χ1) is 9.91. The predicted molar refractivity (Wildman–Crippen MR) is 79.4 cm³/mol. The zero-order valence-electron chi connectivity index (χ0n) is 11.2. The second kappa shape index (κ2) is 6.24. The fourth-order valence-electron chi connectivity index (χ4n) is 1.72. The third-order valence-electron chi connectivity index (χ3n) is 2.72. The highest BCUT2D eigenvalue weighted by Crippen LogP contribution is 2.19. The van der Waals surface area contributed by atoms with Crippen molar-refractivity contribution >= 4 is 35.3 Å². The van der Waals surface area contributed by atoms with Crippen LogP contribution in [0.3, 0.4) is 0 Å². The van der Waals surface area contributed by atoms with Gasteiger partial charge < -0.3 is 0 Å². The summed E-state index contributed by atoms with van der Waals surface area (Å²) in [6, 6.07) is 4.25. The SMILES string of the molecule is Cc1nn(C)c(C(=O)N/N=C\c2c(F)cccc2Cl)c1Cl. The fraction of sp³-hybridized carbons (Fsp3) is 0.154. The van der Waals surface area contributed by atoms with Crippen molar-refractivity contribution in [1.29, 1.82) is 0 Å². The molecule has 0 saturated heterocycles. The Labute approximate surface area is 130 Å². The van der Waals surface area contributed by atoms with Crippen molar-refractivity contribution in [1.82, 2.24) is 15.2 Å². The van der Waals surface area contributed by atoms with Gasteiger partial charge in [-0.15, -0.1) is 0 Å². The van der Waals surface area contributed by atoms with Crippen molar-refractivity contribution in [3.8, 4) is 0 Å². The number of aryl methyl sites for hydroxylation is 2. The zero-order valence-corrected chi connectivity index (χ0v) is 12.7. The predicted octanol–water partition coefficient (Wildman–Crippen LogP) is 2.94. The summed E-state index contributed by atoms with van der Waals surface area (Å²) in [4.78, 5) is 12.0. The van der Waals surface area contributed by atoms with E-state index < -0.39 is 11.7 Å². The summed E-state index contributed by atoms with van der Waals surface area (Å²) in [7, 11) is 1.59. The molecule has 110 valence electrons. The number of rotatable bonds is 3. The molecule has 0 aliphatic carbocycles. The lowest BCUT2D eigenvalue weighted by molar-refractivity contribution is 0.0946. The van der Waals surface area contributed by atoms with Crippen LogP contribution in [0.1, 0.15) is 21.7 Å². The molecule has 5 nitrogen and oxygen atoms in total. The van der Waals surface area contributed by atoms with Crippen molar-refractivity contribution < 1.29 is 9.18 Å². The number of aromatic nitrogens is 2. The molecule has 0 saturated carbocycles. The van der Waals surface area contributed by atoms with Gasteiger partial charge in [-0.05, 0) is 19.1 Å². The Kier molecular flexibility index (Phi) is 4.59. The van der Waals surface area contributed by atoms with Gasteiger partial charge >= 0.3 is 0 Å². The Morgan fingerprint density at radius 3 is 2.76 bits per heavy atom. The standard InChI is InChI=1S/C13H11Cl2FN4O/c1-7-11(15)12(20(2)19-7)13(21)18-17-6-8-9(14)4-3-5-10(8)16/h3-6H,1-2H3,(H,18,21)/b17-6-. The number of amides is 1. The van der Waals surface area contributed by atoms with Crippen molar-refractivity contribution in [3.05, 3.63) is 51.0 Å². The van der Waals surface area contributed by atoms with E-state index in [9.17, 15) is 9.18 Å². The van der Waals surface area contributed by atoms with Gasteiger partial charge in [-0.1, -0.05) is 29.3 Å². The van der Waals surface area contributed by atoms with Crippen LogP contribution in [-0.4, -0.2) is 21.9 Å². The maximum absolute atomic E-state index is 13.5. The Balaban J connectivity index is 2.16. The molecule has 8 heteroatoms. The molecule has 2 aromatic rings. The molecule has 1 amide bonds. The van der Waals surface area contributed by atoms with Crippen LogP contribution in [0.4, 0.5) is 4.39 Å². The summed E-state index contributed by atoms with van der Waals surface area (Å²) in [6.45, 7) is 1.68. The average molecular weight is 329 g/mol. The van der Waals surface area contributed by atoms with Gasteiger partial charge in [0.1, 0.15) is 11.5 Å². The Hall–Kier alpha value is -1.92. The van der Waals surface area contributed by atoms with Gasteiger partial charge in [0.25, 0.3) is 5.91 Å². The van der Waals surface area contributed by atoms with Gasteiger partial charge in [0, 0.05) is 12.6 Å². The molecule has 1 heterocycles. The molecule has 0 spiro atoms. The maximum atomic E-state index is 13.5. The first-order valence-electron chi connectivity index (χ1n) is 5.88. The number of halogens is 3. The van der Waals surface area contributed by atoms with Crippen molar-refractivity contribution in [2.24, 2.45) is 12.1 Å². The third kappa shape index (κ3) is 3.22. The minimum absolute atomic E-state index is 0.0896. The number of hydrazone groups is 1. The minimum Gasteiger partial charge on any atom is -0.266 e. The number of hydrogen-bond donors (Lipinski definition) is 1. The smallest absolute Gasteiger partial charge is 0.266 e. The summed E-state index contributed by atoms with van der Waals surface area (Å²) in [5.74, 6) is -1.08. The molecular weight excluding hydrogens is 318 g/mol. The second-order valence-corrected chi connectivity index (χ2v) is 4.99. The molecule has 1 aromatic carbocycles. The molecule has 1 aromatic heterocycles. The zero-order chi connectivity index (χ0) is 15.6. The Morgan fingerprint density at radius 2 is 2.19 bits per heavy atom. The first-order valence-corrected chi connectivity index (χ1v) is 6.64. The van der Waals surface area contributed by atoms with Crippen LogP contribution in [0, 0.1) is 12.7 Å². The van der Waals surface area contributed by atoms with Crippen LogP contribution in [0.5, 0.6) is 0 Å². The lowest BCUT2D eigenvalue weighted by Crippen LogP contribution is -2.21. The van der Waals surface area contributed by atoms with Crippen LogP contribution in [0.2, 0.25) is 10.0 Å². The molecule has 0 bridgehead atoms. The molecule has 0 radical (unpaired) electrons. The number of nitrogens with zero attached hydrogens (tertiary/aromatic N) is 3. The van der Waals surface area contributed by atoms with Crippen molar-refractivity contribution in [2.75, 3.05) is 0 Å². The normalized spacial score (nSPS) is 11.1. The maximum Gasteiger partial charge on any atom is 0.291 e. The van der Waals surface area contributed by atoms with E-state index in [-0.39, 0.29) is 21.3 Å². The van der Waals surface area contributed by atoms with Crippen LogP contribution >= 0.6 is 23.2 Å². The molecule has 2 rings (SSSR count). The van der Waals surface area contributed by atoms with Crippen LogP contribution < -0.4 is 5.43 Å². The number of hydrogen-bond acceptors (Lipinski definition) is 3. The minimum atomic E-state index is -0.549. The summed E-state index contributed by atoms with van der Waals surface area (Å²) in [5.41, 5.74) is 3.05. The van der Waals surface area contributed by atoms with E-state index in [2.05, 4.69) is 15.6 Å². The summed E-state index contributed by atoms with van der Waals surface area (Å²) in [6.07, 6.45) is 1.13. The van der Waals surface area contributed by atoms with Crippen LogP contribution in [0.25, 0.3) is 0 Å². The Morgan fingerprint density at radius 1 is 1.48 bits per heavy atom. The highest BCUT2D eigenvalue weighted by Gasteiger charge is 2.18.